The van der Waals surface area contributed by atoms with Gasteiger partial charge in [0.1, 0.15) is 0 Å². The molecule has 0 aliphatic rings. The molecule has 1 aromatic rings. The summed E-state index contributed by atoms with van der Waals surface area (Å²) in [5, 5.41) is 20.2. The van der Waals surface area contributed by atoms with E-state index in [1.165, 1.54) is 24.3 Å². The first-order valence-electron chi connectivity index (χ1n) is 4.91. The van der Waals surface area contributed by atoms with Gasteiger partial charge in [-0.2, -0.15) is 4.72 Å². The van der Waals surface area contributed by atoms with Crippen molar-refractivity contribution in [3.05, 3.63) is 29.3 Å². The number of sulfonamides is 1. The smallest absolute Gasteiger partial charge is 0.241 e. The lowest BCUT2D eigenvalue weighted by atomic mass is 10.2. The van der Waals surface area contributed by atoms with Crippen molar-refractivity contribution in [1.82, 2.24) is 4.72 Å². The summed E-state index contributed by atoms with van der Waals surface area (Å²) < 4.78 is 25.5. The maximum absolute atomic E-state index is 11.8. The van der Waals surface area contributed by atoms with Gasteiger partial charge in [-0.15, -0.1) is 0 Å². The number of benzene rings is 1. The van der Waals surface area contributed by atoms with E-state index in [-0.39, 0.29) is 4.90 Å². The zero-order valence-corrected chi connectivity index (χ0v) is 10.9. The maximum atomic E-state index is 11.8. The molecule has 0 aliphatic carbocycles. The highest BCUT2D eigenvalue weighted by molar-refractivity contribution is 7.89. The minimum absolute atomic E-state index is 0.154. The van der Waals surface area contributed by atoms with Crippen LogP contribution in [0.2, 0.25) is 5.02 Å². The van der Waals surface area contributed by atoms with Gasteiger partial charge in [0.15, 0.2) is 0 Å². The predicted molar refractivity (Wildman–Crippen MR) is 62.2 cm³/mol. The summed E-state index contributed by atoms with van der Waals surface area (Å²) >= 11 is 5.61. The Morgan fingerprint density at radius 1 is 1.39 bits per heavy atom. The van der Waals surface area contributed by atoms with Crippen molar-refractivity contribution < 1.29 is 23.4 Å². The molecule has 0 bridgehead atoms. The Kier molecular flexibility index (Phi) is 4.69. The van der Waals surface area contributed by atoms with E-state index in [1.54, 1.807) is 0 Å². The molecule has 8 heteroatoms. The predicted octanol–water partition coefficient (Wildman–Crippen LogP) is -0.882. The van der Waals surface area contributed by atoms with Crippen LogP contribution < -0.4 is 9.83 Å². The highest BCUT2D eigenvalue weighted by Gasteiger charge is 2.24. The second-order valence-electron chi connectivity index (χ2n) is 3.61. The summed E-state index contributed by atoms with van der Waals surface area (Å²) in [4.78, 5) is 10.5. The van der Waals surface area contributed by atoms with Crippen LogP contribution in [0, 0.1) is 0 Å². The van der Waals surface area contributed by atoms with Crippen molar-refractivity contribution >= 4 is 27.6 Å². The minimum atomic E-state index is -4.06. The number of aliphatic hydroxyl groups is 1. The van der Waals surface area contributed by atoms with Crippen LogP contribution in [0.5, 0.6) is 0 Å². The van der Waals surface area contributed by atoms with E-state index in [0.717, 1.165) is 6.92 Å². The van der Waals surface area contributed by atoms with Crippen LogP contribution in [0.25, 0.3) is 0 Å². The summed E-state index contributed by atoms with van der Waals surface area (Å²) in [5.74, 6) is -1.71. The van der Waals surface area contributed by atoms with Gasteiger partial charge in [0, 0.05) is 5.02 Å². The summed E-state index contributed by atoms with van der Waals surface area (Å²) in [6.07, 6.45) is -1.42. The molecule has 100 valence electrons. The molecule has 2 atom stereocenters. The molecular formula is C10H11ClNO5S-. The second kappa shape index (κ2) is 5.66. The molecule has 0 heterocycles. The van der Waals surface area contributed by atoms with E-state index in [1.807, 2.05) is 4.72 Å². The number of carbonyl (C=O) groups is 1. The molecule has 0 aromatic heterocycles. The molecule has 0 radical (unpaired) electrons. The van der Waals surface area contributed by atoms with Crippen molar-refractivity contribution in [3.8, 4) is 0 Å². The number of carbonyl (C=O) groups excluding carboxylic acids is 1. The summed E-state index contributed by atoms with van der Waals surface area (Å²) in [6.45, 7) is 1.14. The standard InChI is InChI=1S/C10H12ClNO5S/c1-6(13)9(10(14)15)12-18(16,17)8-4-2-7(11)3-5-8/h2-6,9,12-13H,1H3,(H,14,15)/p-1/t6-,9-/m1/s1. The Morgan fingerprint density at radius 2 is 1.89 bits per heavy atom. The van der Waals surface area contributed by atoms with Crippen LogP contribution in [-0.4, -0.2) is 31.6 Å². The maximum Gasteiger partial charge on any atom is 0.241 e. The van der Waals surface area contributed by atoms with E-state index in [0.29, 0.717) is 5.02 Å². The number of hydrogen-bond acceptors (Lipinski definition) is 5. The lowest BCUT2D eigenvalue weighted by Gasteiger charge is -2.22. The zero-order valence-electron chi connectivity index (χ0n) is 9.33. The van der Waals surface area contributed by atoms with E-state index in [2.05, 4.69) is 0 Å². The van der Waals surface area contributed by atoms with E-state index in [4.69, 9.17) is 16.7 Å². The Morgan fingerprint density at radius 3 is 2.28 bits per heavy atom. The fourth-order valence-corrected chi connectivity index (χ4v) is 2.58. The highest BCUT2D eigenvalue weighted by Crippen LogP contribution is 2.14. The van der Waals surface area contributed by atoms with E-state index in [9.17, 15) is 18.3 Å². The summed E-state index contributed by atoms with van der Waals surface area (Å²) in [6, 6.07) is 3.43. The number of nitrogens with one attached hydrogen (secondary N) is 1. The van der Waals surface area contributed by atoms with Gasteiger partial charge in [0.25, 0.3) is 0 Å². The summed E-state index contributed by atoms with van der Waals surface area (Å²) in [7, 11) is -4.06. The van der Waals surface area contributed by atoms with Crippen molar-refractivity contribution in [3.63, 3.8) is 0 Å². The largest absolute Gasteiger partial charge is 0.548 e. The van der Waals surface area contributed by atoms with Crippen molar-refractivity contribution in [2.24, 2.45) is 0 Å². The zero-order chi connectivity index (χ0) is 13.9. The van der Waals surface area contributed by atoms with Gasteiger partial charge in [-0.1, -0.05) is 11.6 Å². The number of aliphatic carboxylic acids is 1. The van der Waals surface area contributed by atoms with Gasteiger partial charge in [-0.25, -0.2) is 8.42 Å². The molecule has 1 rings (SSSR count). The first-order chi connectivity index (χ1) is 8.24. The Labute approximate surface area is 109 Å². The quantitative estimate of drug-likeness (QED) is 0.733. The molecule has 6 nitrogen and oxygen atoms in total. The molecule has 0 unspecified atom stereocenters. The van der Waals surface area contributed by atoms with Crippen LogP contribution in [0.4, 0.5) is 0 Å². The van der Waals surface area contributed by atoms with Gasteiger partial charge in [0.2, 0.25) is 10.0 Å². The first-order valence-corrected chi connectivity index (χ1v) is 6.77. The third-order valence-electron chi connectivity index (χ3n) is 2.14. The topological polar surface area (TPSA) is 107 Å². The van der Waals surface area contributed by atoms with Crippen LogP contribution >= 0.6 is 11.6 Å². The summed E-state index contributed by atoms with van der Waals surface area (Å²) in [5.41, 5.74) is 0. The average Bonchev–Trinajstić information content (AvgIpc) is 2.26. The molecule has 0 spiro atoms. The molecule has 1 aromatic carbocycles. The van der Waals surface area contributed by atoms with Crippen molar-refractivity contribution in [2.45, 2.75) is 24.0 Å². The molecular weight excluding hydrogens is 282 g/mol. The third kappa shape index (κ3) is 3.67. The molecule has 18 heavy (non-hydrogen) atoms. The number of aliphatic hydroxyl groups excluding tert-OH is 1. The highest BCUT2D eigenvalue weighted by atomic mass is 35.5. The number of carboxylic acid groups (broad SMARTS) is 1. The third-order valence-corrected chi connectivity index (χ3v) is 3.85. The number of halogens is 1. The van der Waals surface area contributed by atoms with Gasteiger partial charge in [-0.3, -0.25) is 0 Å². The Bertz CT molecular complexity index is 526. The van der Waals surface area contributed by atoms with Gasteiger partial charge in [0.05, 0.1) is 23.0 Å². The normalized spacial score (nSPS) is 15.1. The van der Waals surface area contributed by atoms with Gasteiger partial charge >= 0.3 is 0 Å². The molecule has 0 amide bonds. The van der Waals surface area contributed by atoms with Crippen LogP contribution in [0.15, 0.2) is 29.2 Å². The van der Waals surface area contributed by atoms with Crippen LogP contribution in [0.1, 0.15) is 6.92 Å². The molecule has 0 fully saturated rings. The fraction of sp³-hybridized carbons (Fsp3) is 0.300. The lowest BCUT2D eigenvalue weighted by Crippen LogP contribution is -2.53. The molecule has 0 aliphatic heterocycles. The lowest BCUT2D eigenvalue weighted by molar-refractivity contribution is -0.309. The second-order valence-corrected chi connectivity index (χ2v) is 5.76. The molecule has 2 N–H and O–H groups in total. The SMILES string of the molecule is C[C@@H](O)[C@@H](NS(=O)(=O)c1ccc(Cl)cc1)C(=O)[O-]. The van der Waals surface area contributed by atoms with Gasteiger partial charge < -0.3 is 15.0 Å². The monoisotopic (exact) mass is 292 g/mol. The Hall–Kier alpha value is -1.15. The van der Waals surface area contributed by atoms with Gasteiger partial charge in [-0.05, 0) is 31.2 Å². The number of carboxylic acids is 1. The fourth-order valence-electron chi connectivity index (χ4n) is 1.19. The number of hydrogen-bond donors (Lipinski definition) is 2. The first kappa shape index (κ1) is 14.9. The average molecular weight is 293 g/mol. The number of rotatable bonds is 5. The van der Waals surface area contributed by atoms with Crippen molar-refractivity contribution in [2.75, 3.05) is 0 Å². The molecule has 0 saturated carbocycles. The van der Waals surface area contributed by atoms with Crippen molar-refractivity contribution in [1.29, 1.82) is 0 Å². The Balaban J connectivity index is 3.01. The van der Waals surface area contributed by atoms with Crippen LogP contribution in [0.3, 0.4) is 0 Å². The van der Waals surface area contributed by atoms with E-state index >= 15 is 0 Å². The minimum Gasteiger partial charge on any atom is -0.548 e. The van der Waals surface area contributed by atoms with Crippen LogP contribution in [-0.2, 0) is 14.8 Å². The molecule has 0 saturated heterocycles. The van der Waals surface area contributed by atoms with E-state index < -0.39 is 28.1 Å².